The van der Waals surface area contributed by atoms with Crippen molar-refractivity contribution in [2.24, 2.45) is 0 Å². The maximum absolute atomic E-state index is 10.6. The Morgan fingerprint density at radius 3 is 2.57 bits per heavy atom. The van der Waals surface area contributed by atoms with Gasteiger partial charge in [0.1, 0.15) is 0 Å². The summed E-state index contributed by atoms with van der Waals surface area (Å²) in [5, 5.41) is 19.1. The third-order valence-electron chi connectivity index (χ3n) is 1.58. The van der Waals surface area contributed by atoms with Gasteiger partial charge in [-0.1, -0.05) is 0 Å². The summed E-state index contributed by atoms with van der Waals surface area (Å²) in [5.41, 5.74) is -0.266. The lowest BCUT2D eigenvalue weighted by Crippen LogP contribution is -1.98. The number of nitro groups is 1. The molecule has 74 valence electrons. The molecule has 0 aromatic heterocycles. The number of aromatic carboxylic acids is 1. The average molecular weight is 213 g/mol. The van der Waals surface area contributed by atoms with E-state index in [-0.39, 0.29) is 11.3 Å². The molecule has 6 heteroatoms. The van der Waals surface area contributed by atoms with Crippen molar-refractivity contribution < 1.29 is 14.8 Å². The van der Waals surface area contributed by atoms with Crippen LogP contribution in [-0.2, 0) is 0 Å². The second-order valence-electron chi connectivity index (χ2n) is 2.48. The normalized spacial score (nSPS) is 9.79. The first-order valence-corrected chi connectivity index (χ1v) is 4.84. The fourth-order valence-electron chi connectivity index (χ4n) is 0.930. The lowest BCUT2D eigenvalue weighted by Gasteiger charge is -1.99. The van der Waals surface area contributed by atoms with Gasteiger partial charge in [0.15, 0.2) is 0 Å². The van der Waals surface area contributed by atoms with Crippen molar-refractivity contribution >= 4 is 23.4 Å². The van der Waals surface area contributed by atoms with Crippen molar-refractivity contribution in [1.82, 2.24) is 0 Å². The molecule has 0 heterocycles. The van der Waals surface area contributed by atoms with Crippen LogP contribution in [0.2, 0.25) is 0 Å². The zero-order chi connectivity index (χ0) is 10.7. The third kappa shape index (κ3) is 2.23. The topological polar surface area (TPSA) is 80.4 Å². The van der Waals surface area contributed by atoms with E-state index < -0.39 is 10.9 Å². The number of nitro benzene ring substituents is 1. The minimum Gasteiger partial charge on any atom is -0.478 e. The Morgan fingerprint density at radius 1 is 1.50 bits per heavy atom. The molecule has 0 amide bonds. The van der Waals surface area contributed by atoms with Crippen molar-refractivity contribution in [3.05, 3.63) is 33.9 Å². The van der Waals surface area contributed by atoms with Gasteiger partial charge in [0.25, 0.3) is 5.69 Å². The van der Waals surface area contributed by atoms with Crippen LogP contribution in [0.15, 0.2) is 23.1 Å². The number of carboxylic acids is 1. The maximum atomic E-state index is 10.6. The Balaban J connectivity index is 3.27. The molecule has 1 rings (SSSR count). The van der Waals surface area contributed by atoms with Crippen LogP contribution in [0.5, 0.6) is 0 Å². The molecule has 0 aliphatic rings. The van der Waals surface area contributed by atoms with Crippen molar-refractivity contribution in [3.8, 4) is 0 Å². The molecule has 0 unspecified atom stereocenters. The van der Waals surface area contributed by atoms with E-state index in [9.17, 15) is 14.9 Å². The minimum absolute atomic E-state index is 0.0662. The Morgan fingerprint density at radius 2 is 2.14 bits per heavy atom. The molecule has 14 heavy (non-hydrogen) atoms. The molecule has 5 nitrogen and oxygen atoms in total. The predicted molar refractivity (Wildman–Crippen MR) is 51.8 cm³/mol. The molecule has 1 aromatic rings. The van der Waals surface area contributed by atoms with Gasteiger partial charge in [0.05, 0.1) is 10.5 Å². The molecular formula is C8H7NO4S. The number of carboxylic acid groups (broad SMARTS) is 1. The van der Waals surface area contributed by atoms with Crippen LogP contribution in [0.3, 0.4) is 0 Å². The second kappa shape index (κ2) is 4.10. The van der Waals surface area contributed by atoms with E-state index in [0.29, 0.717) is 4.90 Å². The van der Waals surface area contributed by atoms with Gasteiger partial charge in [-0.25, -0.2) is 4.79 Å². The first kappa shape index (κ1) is 10.5. The molecule has 0 fully saturated rings. The lowest BCUT2D eigenvalue weighted by atomic mass is 10.2. The summed E-state index contributed by atoms with van der Waals surface area (Å²) >= 11 is 1.26. The first-order valence-electron chi connectivity index (χ1n) is 3.61. The van der Waals surface area contributed by atoms with Crippen molar-refractivity contribution in [3.63, 3.8) is 0 Å². The molecule has 0 spiro atoms. The SMILES string of the molecule is CSc1cc(C(=O)O)cc([N+](=O)[O-])c1. The minimum atomic E-state index is -1.16. The summed E-state index contributed by atoms with van der Waals surface area (Å²) in [7, 11) is 0. The number of carbonyl (C=O) groups is 1. The summed E-state index contributed by atoms with van der Waals surface area (Å²) < 4.78 is 0. The zero-order valence-electron chi connectivity index (χ0n) is 7.26. The highest BCUT2D eigenvalue weighted by Crippen LogP contribution is 2.23. The molecule has 0 atom stereocenters. The lowest BCUT2D eigenvalue weighted by molar-refractivity contribution is -0.385. The number of non-ortho nitro benzene ring substituents is 1. The van der Waals surface area contributed by atoms with Crippen LogP contribution in [0.25, 0.3) is 0 Å². The molecule has 1 aromatic carbocycles. The highest BCUT2D eigenvalue weighted by Gasteiger charge is 2.12. The Labute approximate surface area is 83.9 Å². The van der Waals surface area contributed by atoms with E-state index in [1.807, 2.05) is 0 Å². The maximum Gasteiger partial charge on any atom is 0.335 e. The van der Waals surface area contributed by atoms with Crippen LogP contribution >= 0.6 is 11.8 Å². The van der Waals surface area contributed by atoms with Crippen molar-refractivity contribution in [2.75, 3.05) is 6.26 Å². The predicted octanol–water partition coefficient (Wildman–Crippen LogP) is 2.01. The highest BCUT2D eigenvalue weighted by atomic mass is 32.2. The second-order valence-corrected chi connectivity index (χ2v) is 3.36. The first-order chi connectivity index (χ1) is 6.54. The Bertz CT molecular complexity index is 359. The van der Waals surface area contributed by atoms with Gasteiger partial charge >= 0.3 is 5.97 Å². The number of hydrogen-bond donors (Lipinski definition) is 1. The molecule has 0 saturated carbocycles. The van der Waals surface area contributed by atoms with Gasteiger partial charge in [0, 0.05) is 17.0 Å². The number of thioether (sulfide) groups is 1. The Hall–Kier alpha value is -1.56. The number of rotatable bonds is 3. The third-order valence-corrected chi connectivity index (χ3v) is 2.29. The number of benzene rings is 1. The summed E-state index contributed by atoms with van der Waals surface area (Å²) in [6, 6.07) is 3.79. The summed E-state index contributed by atoms with van der Waals surface area (Å²) in [4.78, 5) is 21.0. The zero-order valence-corrected chi connectivity index (χ0v) is 8.08. The number of hydrogen-bond acceptors (Lipinski definition) is 4. The summed E-state index contributed by atoms with van der Waals surface area (Å²) in [6.07, 6.45) is 1.73. The molecule has 1 N–H and O–H groups in total. The Kier molecular flexibility index (Phi) is 3.08. The van der Waals surface area contributed by atoms with E-state index in [1.54, 1.807) is 6.26 Å². The molecule has 0 radical (unpaired) electrons. The van der Waals surface area contributed by atoms with Gasteiger partial charge < -0.3 is 5.11 Å². The van der Waals surface area contributed by atoms with Crippen LogP contribution in [-0.4, -0.2) is 22.3 Å². The molecular weight excluding hydrogens is 206 g/mol. The smallest absolute Gasteiger partial charge is 0.335 e. The van der Waals surface area contributed by atoms with Gasteiger partial charge in [-0.3, -0.25) is 10.1 Å². The average Bonchev–Trinajstić information content (AvgIpc) is 2.16. The van der Waals surface area contributed by atoms with Gasteiger partial charge in [0.2, 0.25) is 0 Å². The van der Waals surface area contributed by atoms with Crippen molar-refractivity contribution in [1.29, 1.82) is 0 Å². The van der Waals surface area contributed by atoms with E-state index in [1.165, 1.54) is 23.9 Å². The van der Waals surface area contributed by atoms with E-state index >= 15 is 0 Å². The van der Waals surface area contributed by atoms with Crippen molar-refractivity contribution in [2.45, 2.75) is 4.90 Å². The highest BCUT2D eigenvalue weighted by molar-refractivity contribution is 7.98. The van der Waals surface area contributed by atoms with E-state index in [0.717, 1.165) is 6.07 Å². The van der Waals surface area contributed by atoms with E-state index in [2.05, 4.69) is 0 Å². The molecule has 0 saturated heterocycles. The largest absolute Gasteiger partial charge is 0.478 e. The molecule has 0 aliphatic heterocycles. The van der Waals surface area contributed by atoms with Gasteiger partial charge in [-0.05, 0) is 12.3 Å². The van der Waals surface area contributed by atoms with Crippen LogP contribution in [0.1, 0.15) is 10.4 Å². The summed E-state index contributed by atoms with van der Waals surface area (Å²) in [5.74, 6) is -1.16. The van der Waals surface area contributed by atoms with Crippen LogP contribution in [0, 0.1) is 10.1 Å². The van der Waals surface area contributed by atoms with Crippen LogP contribution < -0.4 is 0 Å². The quantitative estimate of drug-likeness (QED) is 0.472. The number of nitrogens with zero attached hydrogens (tertiary/aromatic N) is 1. The fourth-order valence-corrected chi connectivity index (χ4v) is 1.41. The fraction of sp³-hybridized carbons (Fsp3) is 0.125. The van der Waals surface area contributed by atoms with Gasteiger partial charge in [-0.15, -0.1) is 11.8 Å². The summed E-state index contributed by atoms with van der Waals surface area (Å²) in [6.45, 7) is 0. The standard InChI is InChI=1S/C8H7NO4S/c1-14-7-3-5(8(10)11)2-6(4-7)9(12)13/h2-4H,1H3,(H,10,11). The molecule has 0 bridgehead atoms. The monoisotopic (exact) mass is 213 g/mol. The van der Waals surface area contributed by atoms with Crippen LogP contribution in [0.4, 0.5) is 5.69 Å². The molecule has 0 aliphatic carbocycles. The van der Waals surface area contributed by atoms with E-state index in [4.69, 9.17) is 5.11 Å². The van der Waals surface area contributed by atoms with Gasteiger partial charge in [-0.2, -0.15) is 0 Å².